The Bertz CT molecular complexity index is 679. The molecule has 2 aromatic carbocycles. The molecule has 0 aromatic heterocycles. The van der Waals surface area contributed by atoms with Gasteiger partial charge in [-0.15, -0.1) is 12.4 Å². The lowest BCUT2D eigenvalue weighted by atomic mass is 9.75. The van der Waals surface area contributed by atoms with Crippen LogP contribution in [0.5, 0.6) is 0 Å². The molecule has 0 amide bonds. The number of fused-ring (bicyclic) bond motifs is 2. The third-order valence-electron chi connectivity index (χ3n) is 5.38. The number of nitrogens with one attached hydrogen (secondary N) is 1. The van der Waals surface area contributed by atoms with Crippen LogP contribution in [-0.2, 0) is 12.8 Å². The van der Waals surface area contributed by atoms with Crippen LogP contribution < -0.4 is 5.32 Å². The van der Waals surface area contributed by atoms with Gasteiger partial charge in [-0.2, -0.15) is 0 Å². The minimum Gasteiger partial charge on any atom is -0.317 e. The topological polar surface area (TPSA) is 12.0 Å². The summed E-state index contributed by atoms with van der Waals surface area (Å²) in [6.45, 7) is 2.15. The van der Waals surface area contributed by atoms with E-state index in [1.165, 1.54) is 29.5 Å². The van der Waals surface area contributed by atoms with E-state index in [4.69, 9.17) is 0 Å². The Morgan fingerprint density at radius 3 is 2.43 bits per heavy atom. The van der Waals surface area contributed by atoms with Crippen LogP contribution in [0.25, 0.3) is 0 Å². The van der Waals surface area contributed by atoms with Gasteiger partial charge in [0.1, 0.15) is 5.82 Å². The number of halogens is 2. The molecule has 1 N–H and O–H groups in total. The fourth-order valence-electron chi connectivity index (χ4n) is 4.31. The van der Waals surface area contributed by atoms with Gasteiger partial charge in [-0.3, -0.25) is 0 Å². The van der Waals surface area contributed by atoms with Crippen molar-refractivity contribution in [3.05, 3.63) is 70.5 Å². The summed E-state index contributed by atoms with van der Waals surface area (Å²) in [5.74, 6) is 0.941. The molecule has 2 aromatic rings. The molecule has 1 nitrogen and oxygen atoms in total. The van der Waals surface area contributed by atoms with Crippen LogP contribution >= 0.6 is 12.4 Å². The van der Waals surface area contributed by atoms with Gasteiger partial charge in [-0.25, -0.2) is 4.39 Å². The highest BCUT2D eigenvalue weighted by Gasteiger charge is 2.32. The van der Waals surface area contributed by atoms with Crippen molar-refractivity contribution in [2.45, 2.75) is 31.6 Å². The Kier molecular flexibility index (Phi) is 5.03. The second kappa shape index (κ2) is 7.02. The molecule has 1 saturated heterocycles. The number of hydrogen-bond acceptors (Lipinski definition) is 1. The minimum atomic E-state index is -0.0239. The molecule has 1 heterocycles. The van der Waals surface area contributed by atoms with E-state index in [1.54, 1.807) is 6.07 Å². The molecule has 4 rings (SSSR count). The molecule has 1 fully saturated rings. The summed E-state index contributed by atoms with van der Waals surface area (Å²) in [7, 11) is 0. The second-order valence-electron chi connectivity index (χ2n) is 6.57. The van der Waals surface area contributed by atoms with Crippen molar-refractivity contribution in [2.75, 3.05) is 13.1 Å². The number of rotatable bonds is 1. The zero-order chi connectivity index (χ0) is 14.9. The average Bonchev–Trinajstić information content (AvgIpc) is 2.73. The second-order valence-corrected chi connectivity index (χ2v) is 6.57. The maximum atomic E-state index is 14.4. The summed E-state index contributed by atoms with van der Waals surface area (Å²) >= 11 is 0. The largest absolute Gasteiger partial charge is 0.317 e. The van der Waals surface area contributed by atoms with Crippen LogP contribution in [0.15, 0.2) is 42.5 Å². The molecule has 0 spiro atoms. The standard InChI is InChI=1S/C20H22FN.ClH/c21-19-7-3-6-18-17(19)9-8-14-4-1-2-5-16(14)20(18)15-10-12-22-13-11-15;/h1-7,15,20,22H,8-13H2;1H. The molecule has 0 bridgehead atoms. The molecule has 1 aliphatic heterocycles. The fraction of sp³-hybridized carbons (Fsp3) is 0.400. The Hall–Kier alpha value is -1.38. The van der Waals surface area contributed by atoms with Gasteiger partial charge >= 0.3 is 0 Å². The quantitative estimate of drug-likeness (QED) is 0.812. The molecular weight excluding hydrogens is 309 g/mol. The van der Waals surface area contributed by atoms with Crippen molar-refractivity contribution in [3.63, 3.8) is 0 Å². The first-order chi connectivity index (χ1) is 10.8. The fourth-order valence-corrected chi connectivity index (χ4v) is 4.31. The van der Waals surface area contributed by atoms with Gasteiger partial charge in [0, 0.05) is 5.92 Å². The molecule has 2 aliphatic rings. The lowest BCUT2D eigenvalue weighted by Crippen LogP contribution is -2.31. The van der Waals surface area contributed by atoms with Crippen LogP contribution in [0.3, 0.4) is 0 Å². The van der Waals surface area contributed by atoms with E-state index < -0.39 is 0 Å². The van der Waals surface area contributed by atoms with Crippen molar-refractivity contribution < 1.29 is 4.39 Å². The van der Waals surface area contributed by atoms with Crippen LogP contribution in [0.4, 0.5) is 4.39 Å². The number of piperidine rings is 1. The molecular formula is C20H23ClFN. The first-order valence-corrected chi connectivity index (χ1v) is 8.40. The lowest BCUT2D eigenvalue weighted by molar-refractivity contribution is 0.341. The molecule has 1 atom stereocenters. The van der Waals surface area contributed by atoms with E-state index in [9.17, 15) is 4.39 Å². The zero-order valence-corrected chi connectivity index (χ0v) is 14.0. The summed E-state index contributed by atoms with van der Waals surface area (Å²) in [6, 6.07) is 14.4. The third-order valence-corrected chi connectivity index (χ3v) is 5.38. The summed E-state index contributed by atoms with van der Waals surface area (Å²) in [4.78, 5) is 0. The van der Waals surface area contributed by atoms with E-state index >= 15 is 0 Å². The summed E-state index contributed by atoms with van der Waals surface area (Å²) < 4.78 is 14.4. The minimum absolute atomic E-state index is 0. The predicted octanol–water partition coefficient (Wildman–Crippen LogP) is 4.48. The van der Waals surface area contributed by atoms with Crippen molar-refractivity contribution in [1.29, 1.82) is 0 Å². The summed E-state index contributed by atoms with van der Waals surface area (Å²) in [6.07, 6.45) is 4.12. The average molecular weight is 332 g/mol. The lowest BCUT2D eigenvalue weighted by Gasteiger charge is -2.32. The van der Waals surface area contributed by atoms with Gasteiger partial charge < -0.3 is 5.32 Å². The van der Waals surface area contributed by atoms with E-state index in [2.05, 4.69) is 35.6 Å². The number of aryl methyl sites for hydroxylation is 1. The zero-order valence-electron chi connectivity index (χ0n) is 13.2. The Labute approximate surface area is 143 Å². The maximum absolute atomic E-state index is 14.4. The van der Waals surface area contributed by atoms with E-state index in [-0.39, 0.29) is 18.2 Å². The SMILES string of the molecule is Cl.Fc1cccc2c1CCc1ccccc1C2C1CCNCC1. The van der Waals surface area contributed by atoms with Gasteiger partial charge in [0.25, 0.3) is 0 Å². The van der Waals surface area contributed by atoms with E-state index in [0.717, 1.165) is 31.5 Å². The molecule has 3 heteroatoms. The Balaban J connectivity index is 0.00000156. The van der Waals surface area contributed by atoms with Crippen LogP contribution in [0.2, 0.25) is 0 Å². The van der Waals surface area contributed by atoms with Crippen molar-refractivity contribution in [3.8, 4) is 0 Å². The van der Waals surface area contributed by atoms with Gasteiger partial charge in [-0.1, -0.05) is 36.4 Å². The van der Waals surface area contributed by atoms with Gasteiger partial charge in [0.05, 0.1) is 0 Å². The molecule has 122 valence electrons. The summed E-state index contributed by atoms with van der Waals surface area (Å²) in [5.41, 5.74) is 5.01. The van der Waals surface area contributed by atoms with Crippen molar-refractivity contribution in [2.24, 2.45) is 5.92 Å². The van der Waals surface area contributed by atoms with Crippen LogP contribution in [0, 0.1) is 11.7 Å². The molecule has 1 aliphatic carbocycles. The monoisotopic (exact) mass is 331 g/mol. The van der Waals surface area contributed by atoms with Crippen molar-refractivity contribution >= 4 is 12.4 Å². The molecule has 1 unspecified atom stereocenters. The smallest absolute Gasteiger partial charge is 0.126 e. The first kappa shape index (κ1) is 16.5. The normalized spacial score (nSPS) is 20.8. The number of hydrogen-bond donors (Lipinski definition) is 1. The molecule has 23 heavy (non-hydrogen) atoms. The van der Waals surface area contributed by atoms with Gasteiger partial charge in [0.15, 0.2) is 0 Å². The first-order valence-electron chi connectivity index (χ1n) is 8.40. The van der Waals surface area contributed by atoms with Crippen LogP contribution in [-0.4, -0.2) is 13.1 Å². The highest BCUT2D eigenvalue weighted by molar-refractivity contribution is 5.85. The van der Waals surface area contributed by atoms with Gasteiger partial charge in [0.2, 0.25) is 0 Å². The van der Waals surface area contributed by atoms with Gasteiger partial charge in [-0.05, 0) is 73.0 Å². The highest BCUT2D eigenvalue weighted by Crippen LogP contribution is 2.42. The third kappa shape index (κ3) is 3.02. The Morgan fingerprint density at radius 1 is 0.870 bits per heavy atom. The Morgan fingerprint density at radius 2 is 1.61 bits per heavy atom. The van der Waals surface area contributed by atoms with E-state index in [1.807, 2.05) is 6.07 Å². The van der Waals surface area contributed by atoms with E-state index in [0.29, 0.717) is 11.8 Å². The highest BCUT2D eigenvalue weighted by atomic mass is 35.5. The molecule has 0 saturated carbocycles. The number of benzene rings is 2. The van der Waals surface area contributed by atoms with Crippen molar-refractivity contribution in [1.82, 2.24) is 5.32 Å². The maximum Gasteiger partial charge on any atom is 0.126 e. The summed E-state index contributed by atoms with van der Waals surface area (Å²) in [5, 5.41) is 3.45. The van der Waals surface area contributed by atoms with Crippen LogP contribution in [0.1, 0.15) is 41.0 Å². The molecule has 0 radical (unpaired) electrons. The predicted molar refractivity (Wildman–Crippen MR) is 94.9 cm³/mol.